The normalized spacial score (nSPS) is 19.4. The molecule has 1 aliphatic heterocycles. The predicted molar refractivity (Wildman–Crippen MR) is 129 cm³/mol. The lowest BCUT2D eigenvalue weighted by atomic mass is 9.71. The quantitative estimate of drug-likeness (QED) is 0.348. The van der Waals surface area contributed by atoms with Crippen molar-refractivity contribution in [1.82, 2.24) is 5.32 Å². The Labute approximate surface area is 207 Å². The number of ketones is 1. The summed E-state index contributed by atoms with van der Waals surface area (Å²) in [6.45, 7) is 1.69. The van der Waals surface area contributed by atoms with Gasteiger partial charge in [-0.25, -0.2) is 4.79 Å². The molecule has 2 aromatic rings. The average Bonchev–Trinajstić information content (AvgIpc) is 2.87. The summed E-state index contributed by atoms with van der Waals surface area (Å²) in [6.07, 6.45) is 0.614. The van der Waals surface area contributed by atoms with Crippen LogP contribution in [0.25, 0.3) is 0 Å². The molecule has 0 spiro atoms. The molecular weight excluding hydrogens is 468 g/mol. The first kappa shape index (κ1) is 24.8. The van der Waals surface area contributed by atoms with Crippen LogP contribution in [0.1, 0.15) is 42.7 Å². The lowest BCUT2D eigenvalue weighted by Gasteiger charge is -2.36. The molecule has 2 aliphatic rings. The lowest BCUT2D eigenvalue weighted by Crippen LogP contribution is -2.36. The smallest absolute Gasteiger partial charge is 0.336 e. The van der Waals surface area contributed by atoms with Gasteiger partial charge in [0.05, 0.1) is 31.8 Å². The molecule has 0 saturated carbocycles. The minimum Gasteiger partial charge on any atom is -0.500 e. The number of nitrogens with one attached hydrogen (secondary N) is 1. The Morgan fingerprint density at radius 2 is 1.81 bits per heavy atom. The van der Waals surface area contributed by atoms with E-state index in [2.05, 4.69) is 5.32 Å². The van der Waals surface area contributed by atoms with E-state index in [1.165, 1.54) is 20.3 Å². The fraction of sp³-hybridized carbons (Fsp3) is 0.308. The maximum atomic E-state index is 13.7. The number of nitro groups is 1. The third-order valence-electron chi connectivity index (χ3n) is 6.64. The van der Waals surface area contributed by atoms with Gasteiger partial charge in [-0.1, -0.05) is 18.2 Å². The molecule has 0 fully saturated rings. The zero-order valence-corrected chi connectivity index (χ0v) is 20.3. The highest BCUT2D eigenvalue weighted by Gasteiger charge is 2.42. The first-order chi connectivity index (χ1) is 17.2. The molecule has 0 radical (unpaired) electrons. The second-order valence-corrected chi connectivity index (χ2v) is 8.60. The first-order valence-electron chi connectivity index (χ1n) is 11.2. The van der Waals surface area contributed by atoms with Crippen molar-refractivity contribution in [3.63, 3.8) is 0 Å². The number of phenols is 1. The third kappa shape index (κ3) is 4.15. The average molecular weight is 495 g/mol. The number of hydrogen-bond donors (Lipinski definition) is 2. The zero-order valence-electron chi connectivity index (χ0n) is 20.3. The van der Waals surface area contributed by atoms with Gasteiger partial charge in [-0.05, 0) is 36.6 Å². The summed E-state index contributed by atoms with van der Waals surface area (Å²) in [4.78, 5) is 37.4. The minimum atomic E-state index is -0.951. The molecule has 36 heavy (non-hydrogen) atoms. The van der Waals surface area contributed by atoms with Crippen molar-refractivity contribution >= 4 is 17.4 Å². The van der Waals surface area contributed by atoms with Gasteiger partial charge in [-0.2, -0.15) is 0 Å². The Bertz CT molecular complexity index is 1330. The van der Waals surface area contributed by atoms with Crippen molar-refractivity contribution in [2.75, 3.05) is 21.3 Å². The number of benzene rings is 2. The fourth-order valence-corrected chi connectivity index (χ4v) is 5.05. The molecule has 1 aliphatic carbocycles. The highest BCUT2D eigenvalue weighted by Crippen LogP contribution is 2.49. The Balaban J connectivity index is 1.90. The first-order valence-corrected chi connectivity index (χ1v) is 11.2. The van der Waals surface area contributed by atoms with Crippen LogP contribution in [-0.4, -0.2) is 43.1 Å². The number of carbonyl (C=O) groups excluding carboxylic acids is 2. The number of dihydropyridines is 1. The lowest BCUT2D eigenvalue weighted by molar-refractivity contribution is -0.386. The Hall–Kier alpha value is -4.34. The summed E-state index contributed by atoms with van der Waals surface area (Å²) in [5.41, 5.74) is 2.12. The summed E-state index contributed by atoms with van der Waals surface area (Å²) >= 11 is 0. The molecule has 2 N–H and O–H groups in total. The number of para-hydroxylation sites is 1. The maximum absolute atomic E-state index is 13.7. The van der Waals surface area contributed by atoms with Crippen LogP contribution in [0.2, 0.25) is 0 Å². The molecule has 0 saturated heterocycles. The van der Waals surface area contributed by atoms with Crippen molar-refractivity contribution in [2.45, 2.75) is 31.6 Å². The van der Waals surface area contributed by atoms with Crippen molar-refractivity contribution in [3.8, 4) is 17.2 Å². The Morgan fingerprint density at radius 3 is 2.44 bits per heavy atom. The highest BCUT2D eigenvalue weighted by atomic mass is 16.6. The monoisotopic (exact) mass is 494 g/mol. The highest BCUT2D eigenvalue weighted by molar-refractivity contribution is 6.04. The molecule has 2 atom stereocenters. The Morgan fingerprint density at radius 1 is 1.11 bits per heavy atom. The second-order valence-electron chi connectivity index (χ2n) is 8.60. The SMILES string of the molecule is COC(=O)C1=C(C)NC2=C(C(=O)C[C@H](c3ccccc3OC)C2)[C@@H]1c1cc(OC)c(O)c([N+](=O)[O-])c1. The molecule has 2 aromatic carbocycles. The fourth-order valence-electron chi connectivity index (χ4n) is 5.05. The van der Waals surface area contributed by atoms with E-state index in [0.29, 0.717) is 29.1 Å². The number of nitro benzene ring substituents is 1. The number of methoxy groups -OCH3 is 3. The van der Waals surface area contributed by atoms with E-state index < -0.39 is 28.2 Å². The van der Waals surface area contributed by atoms with Gasteiger partial charge in [0.15, 0.2) is 11.5 Å². The number of nitrogens with zero attached hydrogens (tertiary/aromatic N) is 1. The van der Waals surface area contributed by atoms with E-state index in [1.54, 1.807) is 14.0 Å². The van der Waals surface area contributed by atoms with Gasteiger partial charge >= 0.3 is 11.7 Å². The topological polar surface area (TPSA) is 137 Å². The number of hydrogen-bond acceptors (Lipinski definition) is 9. The maximum Gasteiger partial charge on any atom is 0.336 e. The standard InChI is InChI=1S/C26H26N2O8/c1-13-22(26(31)36-4)23(15-10-18(28(32)33)25(30)21(12-15)35-3)24-17(27-13)9-14(11-19(24)29)16-7-5-6-8-20(16)34-2/h5-8,10,12,14,23,27,30H,9,11H2,1-4H3/t14-,23-/m1/s1. The molecule has 0 aromatic heterocycles. The summed E-state index contributed by atoms with van der Waals surface area (Å²) in [6, 6.07) is 10.1. The van der Waals surface area contributed by atoms with Crippen molar-refractivity contribution in [2.24, 2.45) is 0 Å². The van der Waals surface area contributed by atoms with Crippen LogP contribution >= 0.6 is 0 Å². The summed E-state index contributed by atoms with van der Waals surface area (Å²) in [5, 5.41) is 25.1. The van der Waals surface area contributed by atoms with E-state index in [-0.39, 0.29) is 35.0 Å². The van der Waals surface area contributed by atoms with Crippen LogP contribution in [-0.2, 0) is 14.3 Å². The molecule has 10 heteroatoms. The number of phenolic OH excluding ortho intramolecular Hbond substituents is 1. The molecule has 0 amide bonds. The molecule has 1 heterocycles. The van der Waals surface area contributed by atoms with Crippen molar-refractivity contribution in [3.05, 3.63) is 80.2 Å². The number of allylic oxidation sites excluding steroid dienone is 3. The van der Waals surface area contributed by atoms with Crippen LogP contribution in [0.15, 0.2) is 58.9 Å². The van der Waals surface area contributed by atoms with Gasteiger partial charge in [0, 0.05) is 41.3 Å². The van der Waals surface area contributed by atoms with E-state index >= 15 is 0 Å². The molecule has 188 valence electrons. The van der Waals surface area contributed by atoms with Crippen LogP contribution in [0, 0.1) is 10.1 Å². The number of esters is 1. The minimum absolute atomic E-state index is 0.142. The van der Waals surface area contributed by atoms with Crippen LogP contribution < -0.4 is 14.8 Å². The molecule has 10 nitrogen and oxygen atoms in total. The van der Waals surface area contributed by atoms with Gasteiger partial charge in [0.25, 0.3) is 0 Å². The van der Waals surface area contributed by atoms with Crippen molar-refractivity contribution in [1.29, 1.82) is 0 Å². The number of carbonyl (C=O) groups is 2. The third-order valence-corrected chi connectivity index (χ3v) is 6.64. The van der Waals surface area contributed by atoms with Gasteiger partial charge < -0.3 is 24.6 Å². The van der Waals surface area contributed by atoms with Gasteiger partial charge in [0.2, 0.25) is 5.75 Å². The second kappa shape index (κ2) is 9.73. The summed E-state index contributed by atoms with van der Waals surface area (Å²) < 4.78 is 15.7. The molecule has 0 bridgehead atoms. The molecule has 0 unspecified atom stereocenters. The van der Waals surface area contributed by atoms with E-state index in [0.717, 1.165) is 11.6 Å². The van der Waals surface area contributed by atoms with Crippen LogP contribution in [0.3, 0.4) is 0 Å². The largest absolute Gasteiger partial charge is 0.500 e. The van der Waals surface area contributed by atoms with E-state index in [4.69, 9.17) is 14.2 Å². The summed E-state index contributed by atoms with van der Waals surface area (Å²) in [7, 11) is 4.06. The van der Waals surface area contributed by atoms with Crippen LogP contribution in [0.5, 0.6) is 17.2 Å². The van der Waals surface area contributed by atoms with Gasteiger partial charge in [-0.3, -0.25) is 14.9 Å². The van der Waals surface area contributed by atoms with Crippen molar-refractivity contribution < 1.29 is 33.8 Å². The van der Waals surface area contributed by atoms with E-state index in [1.807, 2.05) is 24.3 Å². The van der Waals surface area contributed by atoms with E-state index in [9.17, 15) is 24.8 Å². The number of rotatable bonds is 6. The van der Waals surface area contributed by atoms with Crippen LogP contribution in [0.4, 0.5) is 5.69 Å². The number of aromatic hydroxyl groups is 1. The van der Waals surface area contributed by atoms with Gasteiger partial charge in [0.1, 0.15) is 5.75 Å². The zero-order chi connectivity index (χ0) is 26.1. The number of ether oxygens (including phenoxy) is 3. The van der Waals surface area contributed by atoms with Gasteiger partial charge in [-0.15, -0.1) is 0 Å². The molecule has 4 rings (SSSR count). The number of Topliss-reactive ketones (excluding diaryl/α,β-unsaturated/α-hetero) is 1. The molecular formula is C26H26N2O8. The Kier molecular flexibility index (Phi) is 6.69. The summed E-state index contributed by atoms with van der Waals surface area (Å²) in [5.74, 6) is -2.12. The predicted octanol–water partition coefficient (Wildman–Crippen LogP) is 3.85.